The second-order valence-corrected chi connectivity index (χ2v) is 5.66. The lowest BCUT2D eigenvalue weighted by Crippen LogP contribution is -2.19. The predicted octanol–water partition coefficient (Wildman–Crippen LogP) is 1.35. The minimum atomic E-state index is -3.69. The molecule has 0 amide bonds. The number of halogens is 1. The number of anilines is 1. The molecule has 0 atom stereocenters. The van der Waals surface area contributed by atoms with Gasteiger partial charge in [-0.15, -0.1) is 0 Å². The number of ether oxygens (including phenoxy) is 1. The van der Waals surface area contributed by atoms with Crippen LogP contribution in [0.5, 0.6) is 5.75 Å². The summed E-state index contributed by atoms with van der Waals surface area (Å²) in [5.74, 6) is -1.09. The average Bonchev–Trinajstić information content (AvgIpc) is 2.30. The van der Waals surface area contributed by atoms with Gasteiger partial charge in [-0.25, -0.2) is 8.42 Å². The second-order valence-electron chi connectivity index (χ2n) is 3.41. The number of phenols is 1. The van der Waals surface area contributed by atoms with Crippen molar-refractivity contribution in [2.75, 3.05) is 17.6 Å². The fraction of sp³-hybridized carbons (Fsp3) is 0.300. The van der Waals surface area contributed by atoms with Gasteiger partial charge in [0.15, 0.2) is 0 Å². The van der Waals surface area contributed by atoms with Crippen molar-refractivity contribution < 1.29 is 23.1 Å². The summed E-state index contributed by atoms with van der Waals surface area (Å²) in [5, 5.41) is 9.19. The zero-order chi connectivity index (χ0) is 13.8. The first-order valence-corrected chi connectivity index (χ1v) is 6.93. The molecule has 0 spiro atoms. The van der Waals surface area contributed by atoms with Crippen LogP contribution in [-0.2, 0) is 19.6 Å². The maximum atomic E-state index is 11.6. The van der Waals surface area contributed by atoms with Gasteiger partial charge >= 0.3 is 5.97 Å². The SMILES string of the molecule is COC(=O)CCS(=O)(=O)Nc1ccc(O)cc1Cl. The molecule has 1 aromatic rings. The Morgan fingerprint density at radius 2 is 2.17 bits per heavy atom. The van der Waals surface area contributed by atoms with Crippen molar-refractivity contribution in [3.05, 3.63) is 23.2 Å². The van der Waals surface area contributed by atoms with Crippen molar-refractivity contribution >= 4 is 33.3 Å². The van der Waals surface area contributed by atoms with E-state index in [1.165, 1.54) is 25.3 Å². The third kappa shape index (κ3) is 4.42. The summed E-state index contributed by atoms with van der Waals surface area (Å²) in [6, 6.07) is 3.83. The van der Waals surface area contributed by atoms with E-state index in [1.54, 1.807) is 0 Å². The zero-order valence-corrected chi connectivity index (χ0v) is 11.1. The number of nitrogens with one attached hydrogen (secondary N) is 1. The molecule has 0 aromatic heterocycles. The van der Waals surface area contributed by atoms with E-state index in [4.69, 9.17) is 16.7 Å². The van der Waals surface area contributed by atoms with E-state index in [9.17, 15) is 13.2 Å². The van der Waals surface area contributed by atoms with Crippen LogP contribution in [0.15, 0.2) is 18.2 Å². The normalized spacial score (nSPS) is 11.0. The molecule has 0 fully saturated rings. The molecule has 1 rings (SSSR count). The number of phenolic OH excluding ortho intramolecular Hbond substituents is 1. The van der Waals surface area contributed by atoms with Crippen LogP contribution in [-0.4, -0.2) is 32.4 Å². The molecule has 0 saturated carbocycles. The maximum absolute atomic E-state index is 11.6. The molecule has 0 bridgehead atoms. The highest BCUT2D eigenvalue weighted by molar-refractivity contribution is 7.92. The Balaban J connectivity index is 2.73. The fourth-order valence-electron chi connectivity index (χ4n) is 1.13. The zero-order valence-electron chi connectivity index (χ0n) is 9.51. The van der Waals surface area contributed by atoms with Gasteiger partial charge in [-0.05, 0) is 12.1 Å². The number of methoxy groups -OCH3 is 1. The van der Waals surface area contributed by atoms with Crippen LogP contribution in [0.1, 0.15) is 6.42 Å². The number of carbonyl (C=O) groups is 1. The van der Waals surface area contributed by atoms with Gasteiger partial charge in [-0.1, -0.05) is 11.6 Å². The molecule has 0 aliphatic heterocycles. The Bertz CT molecular complexity index is 543. The molecule has 100 valence electrons. The minimum Gasteiger partial charge on any atom is -0.508 e. The number of sulfonamides is 1. The van der Waals surface area contributed by atoms with Gasteiger partial charge in [0.25, 0.3) is 0 Å². The Morgan fingerprint density at radius 3 is 2.72 bits per heavy atom. The van der Waals surface area contributed by atoms with Crippen LogP contribution in [0.3, 0.4) is 0 Å². The van der Waals surface area contributed by atoms with Crippen molar-refractivity contribution in [2.24, 2.45) is 0 Å². The van der Waals surface area contributed by atoms with Gasteiger partial charge < -0.3 is 9.84 Å². The molecule has 0 aliphatic rings. The number of benzene rings is 1. The third-order valence-electron chi connectivity index (χ3n) is 2.02. The molecule has 0 unspecified atom stereocenters. The first-order chi connectivity index (χ1) is 8.34. The van der Waals surface area contributed by atoms with Gasteiger partial charge in [0.2, 0.25) is 10.0 Å². The Hall–Kier alpha value is -1.47. The molecule has 2 N–H and O–H groups in total. The van der Waals surface area contributed by atoms with E-state index in [1.807, 2.05) is 0 Å². The van der Waals surface area contributed by atoms with Crippen LogP contribution >= 0.6 is 11.6 Å². The summed E-state index contributed by atoms with van der Waals surface area (Å²) >= 11 is 5.75. The second kappa shape index (κ2) is 5.92. The first-order valence-electron chi connectivity index (χ1n) is 4.90. The molecule has 0 saturated heterocycles. The first kappa shape index (κ1) is 14.6. The van der Waals surface area contributed by atoms with E-state index >= 15 is 0 Å². The molecule has 0 aliphatic carbocycles. The summed E-state index contributed by atoms with van der Waals surface area (Å²) in [4.78, 5) is 10.8. The Labute approximate surface area is 110 Å². The lowest BCUT2D eigenvalue weighted by molar-refractivity contribution is -0.140. The Kier molecular flexibility index (Phi) is 4.80. The molecular weight excluding hydrogens is 282 g/mol. The molecule has 8 heteroatoms. The standard InChI is InChI=1S/C10H12ClNO5S/c1-17-10(14)4-5-18(15,16)12-9-3-2-7(13)6-8(9)11/h2-3,6,12-13H,4-5H2,1H3. The average molecular weight is 294 g/mol. The minimum absolute atomic E-state index is 0.0663. The van der Waals surface area contributed by atoms with Crippen molar-refractivity contribution in [2.45, 2.75) is 6.42 Å². The van der Waals surface area contributed by atoms with Crippen molar-refractivity contribution in [3.63, 3.8) is 0 Å². The summed E-state index contributed by atoms with van der Waals surface area (Å²) in [6.45, 7) is 0. The lowest BCUT2D eigenvalue weighted by atomic mass is 10.3. The van der Waals surface area contributed by atoms with Crippen molar-refractivity contribution in [1.29, 1.82) is 0 Å². The molecule has 0 heterocycles. The highest BCUT2D eigenvalue weighted by Gasteiger charge is 2.15. The smallest absolute Gasteiger partial charge is 0.306 e. The number of esters is 1. The summed E-state index contributed by atoms with van der Waals surface area (Å²) in [5.41, 5.74) is 0.138. The van der Waals surface area contributed by atoms with E-state index in [0.29, 0.717) is 0 Å². The van der Waals surface area contributed by atoms with Gasteiger partial charge in [0, 0.05) is 6.07 Å². The summed E-state index contributed by atoms with van der Waals surface area (Å²) in [6.07, 6.45) is -0.248. The number of hydrogen-bond donors (Lipinski definition) is 2. The quantitative estimate of drug-likeness (QED) is 0.631. The van der Waals surface area contributed by atoms with E-state index < -0.39 is 21.7 Å². The molecule has 6 nitrogen and oxygen atoms in total. The van der Waals surface area contributed by atoms with Crippen LogP contribution in [0, 0.1) is 0 Å². The third-order valence-corrected chi connectivity index (χ3v) is 3.61. The van der Waals surface area contributed by atoms with Crippen LogP contribution in [0.25, 0.3) is 0 Å². The maximum Gasteiger partial charge on any atom is 0.306 e. The summed E-state index contributed by atoms with van der Waals surface area (Å²) in [7, 11) is -2.51. The van der Waals surface area contributed by atoms with Gasteiger partial charge in [-0.2, -0.15) is 0 Å². The predicted molar refractivity (Wildman–Crippen MR) is 67.2 cm³/mol. The molecule has 1 aromatic carbocycles. The van der Waals surface area contributed by atoms with Crippen molar-refractivity contribution in [1.82, 2.24) is 0 Å². The fourth-order valence-corrected chi connectivity index (χ4v) is 2.45. The highest BCUT2D eigenvalue weighted by atomic mass is 35.5. The van der Waals surface area contributed by atoms with Crippen molar-refractivity contribution in [3.8, 4) is 5.75 Å². The van der Waals surface area contributed by atoms with E-state index in [0.717, 1.165) is 0 Å². The van der Waals surface area contributed by atoms with Crippen LogP contribution in [0.2, 0.25) is 5.02 Å². The van der Waals surface area contributed by atoms with Gasteiger partial charge in [-0.3, -0.25) is 9.52 Å². The number of rotatable bonds is 5. The molecule has 0 radical (unpaired) electrons. The monoisotopic (exact) mass is 293 g/mol. The summed E-state index contributed by atoms with van der Waals surface area (Å²) < 4.78 is 29.8. The lowest BCUT2D eigenvalue weighted by Gasteiger charge is -2.09. The van der Waals surface area contributed by atoms with E-state index in [2.05, 4.69) is 9.46 Å². The topological polar surface area (TPSA) is 92.7 Å². The highest BCUT2D eigenvalue weighted by Crippen LogP contribution is 2.26. The number of carbonyl (C=O) groups excluding carboxylic acids is 1. The molecule has 18 heavy (non-hydrogen) atoms. The Morgan fingerprint density at radius 1 is 1.50 bits per heavy atom. The van der Waals surface area contributed by atoms with Gasteiger partial charge in [0.1, 0.15) is 5.75 Å². The van der Waals surface area contributed by atoms with Crippen LogP contribution in [0.4, 0.5) is 5.69 Å². The number of hydrogen-bond acceptors (Lipinski definition) is 5. The van der Waals surface area contributed by atoms with Gasteiger partial charge in [0.05, 0.1) is 30.0 Å². The van der Waals surface area contributed by atoms with E-state index in [-0.39, 0.29) is 22.9 Å². The van der Waals surface area contributed by atoms with Crippen LogP contribution < -0.4 is 4.72 Å². The molecular formula is C10H12ClNO5S. The largest absolute Gasteiger partial charge is 0.508 e. The number of aromatic hydroxyl groups is 1.